The van der Waals surface area contributed by atoms with Crippen LogP contribution < -0.4 is 0 Å². The molecular weight excluding hydrogens is 252 g/mol. The third kappa shape index (κ3) is 2.90. The largest absolute Gasteiger partial charge is 0.468 e. The Hall–Kier alpha value is -1.81. The maximum Gasteiger partial charge on any atom is 0.315 e. The van der Waals surface area contributed by atoms with Crippen LogP contribution in [0.4, 0.5) is 0 Å². The number of aromatic nitrogens is 2. The molecule has 2 rings (SSSR count). The number of esters is 1. The van der Waals surface area contributed by atoms with Crippen molar-refractivity contribution in [2.45, 2.75) is 12.5 Å². The van der Waals surface area contributed by atoms with Crippen molar-refractivity contribution < 1.29 is 9.53 Å². The van der Waals surface area contributed by atoms with E-state index in [4.69, 9.17) is 16.3 Å². The van der Waals surface area contributed by atoms with Crippen molar-refractivity contribution >= 4 is 17.6 Å². The Morgan fingerprint density at radius 2 is 2.17 bits per heavy atom. The lowest BCUT2D eigenvalue weighted by molar-refractivity contribution is -0.142. The number of nitrogens with zero attached hydrogens (tertiary/aromatic N) is 2. The van der Waals surface area contributed by atoms with Crippen molar-refractivity contribution in [1.29, 1.82) is 0 Å². The van der Waals surface area contributed by atoms with Gasteiger partial charge in [0.1, 0.15) is 5.92 Å². The maximum atomic E-state index is 11.8. The summed E-state index contributed by atoms with van der Waals surface area (Å²) in [5, 5.41) is 4.62. The highest BCUT2D eigenvalue weighted by atomic mass is 35.5. The Morgan fingerprint density at radius 3 is 2.72 bits per heavy atom. The fraction of sp³-hybridized carbons (Fsp3) is 0.231. The van der Waals surface area contributed by atoms with Crippen LogP contribution in [0, 0.1) is 0 Å². The van der Waals surface area contributed by atoms with Crippen LogP contribution in [0.15, 0.2) is 42.7 Å². The molecule has 4 nitrogen and oxygen atoms in total. The molecule has 0 N–H and O–H groups in total. The average Bonchev–Trinajstić information content (AvgIpc) is 2.82. The summed E-state index contributed by atoms with van der Waals surface area (Å²) in [4.78, 5) is 11.8. The van der Waals surface area contributed by atoms with Crippen LogP contribution in [0.3, 0.4) is 0 Å². The topological polar surface area (TPSA) is 44.1 Å². The molecule has 0 fully saturated rings. The highest BCUT2D eigenvalue weighted by Gasteiger charge is 2.22. The third-order valence-electron chi connectivity index (χ3n) is 2.66. The molecule has 1 heterocycles. The number of methoxy groups -OCH3 is 1. The fourth-order valence-electron chi connectivity index (χ4n) is 1.77. The van der Waals surface area contributed by atoms with E-state index in [2.05, 4.69) is 5.10 Å². The normalized spacial score (nSPS) is 12.1. The molecule has 0 spiro atoms. The summed E-state index contributed by atoms with van der Waals surface area (Å²) >= 11 is 5.80. The molecule has 1 aromatic carbocycles. The first-order valence-corrected chi connectivity index (χ1v) is 5.89. The monoisotopic (exact) mass is 264 g/mol. The van der Waals surface area contributed by atoms with E-state index in [1.54, 1.807) is 17.1 Å². The summed E-state index contributed by atoms with van der Waals surface area (Å²) in [6, 6.07) is 9.48. The minimum Gasteiger partial charge on any atom is -0.468 e. The summed E-state index contributed by atoms with van der Waals surface area (Å²) in [7, 11) is 1.38. The van der Waals surface area contributed by atoms with E-state index in [9.17, 15) is 4.79 Å². The highest BCUT2D eigenvalue weighted by Crippen LogP contribution is 2.20. The molecule has 5 heteroatoms. The highest BCUT2D eigenvalue weighted by molar-refractivity contribution is 6.30. The first-order valence-electron chi connectivity index (χ1n) is 5.51. The van der Waals surface area contributed by atoms with Crippen LogP contribution in [0.2, 0.25) is 5.02 Å². The quantitative estimate of drug-likeness (QED) is 0.797. The van der Waals surface area contributed by atoms with Gasteiger partial charge in [0.05, 0.1) is 24.9 Å². The Balaban J connectivity index is 2.24. The molecule has 2 aromatic rings. The van der Waals surface area contributed by atoms with E-state index in [0.717, 1.165) is 5.56 Å². The first-order chi connectivity index (χ1) is 8.70. The van der Waals surface area contributed by atoms with Gasteiger partial charge in [0, 0.05) is 6.20 Å². The standard InChI is InChI=1S/C13H13ClN2O2/c1-18-13(17)12(10-5-3-2-4-6-10)9-16-8-11(14)7-15-16/h2-8,12H,9H2,1H3. The van der Waals surface area contributed by atoms with Gasteiger partial charge in [-0.1, -0.05) is 41.9 Å². The molecule has 0 radical (unpaired) electrons. The third-order valence-corrected chi connectivity index (χ3v) is 2.85. The van der Waals surface area contributed by atoms with Crippen molar-refractivity contribution in [3.63, 3.8) is 0 Å². The van der Waals surface area contributed by atoms with Gasteiger partial charge < -0.3 is 4.74 Å². The van der Waals surface area contributed by atoms with Crippen LogP contribution >= 0.6 is 11.6 Å². The number of rotatable bonds is 4. The second-order valence-electron chi connectivity index (χ2n) is 3.87. The molecule has 1 unspecified atom stereocenters. The lowest BCUT2D eigenvalue weighted by Crippen LogP contribution is -2.20. The number of hydrogen-bond acceptors (Lipinski definition) is 3. The van der Waals surface area contributed by atoms with Crippen LogP contribution in [0.25, 0.3) is 0 Å². The SMILES string of the molecule is COC(=O)C(Cn1cc(Cl)cn1)c1ccccc1. The molecule has 0 aliphatic rings. The molecule has 0 saturated heterocycles. The number of ether oxygens (including phenoxy) is 1. The smallest absolute Gasteiger partial charge is 0.315 e. The molecule has 18 heavy (non-hydrogen) atoms. The second-order valence-corrected chi connectivity index (χ2v) is 4.30. The Morgan fingerprint density at radius 1 is 1.44 bits per heavy atom. The van der Waals surface area contributed by atoms with Crippen molar-refractivity contribution in [2.24, 2.45) is 0 Å². The Kier molecular flexibility index (Phi) is 3.99. The maximum absolute atomic E-state index is 11.8. The summed E-state index contributed by atoms with van der Waals surface area (Å²) < 4.78 is 6.47. The van der Waals surface area contributed by atoms with Crippen LogP contribution in [-0.2, 0) is 16.1 Å². The van der Waals surface area contributed by atoms with Crippen molar-refractivity contribution in [2.75, 3.05) is 7.11 Å². The van der Waals surface area contributed by atoms with Crippen LogP contribution in [0.5, 0.6) is 0 Å². The van der Waals surface area contributed by atoms with Crippen molar-refractivity contribution in [1.82, 2.24) is 9.78 Å². The van der Waals surface area contributed by atoms with Gasteiger partial charge in [0.15, 0.2) is 0 Å². The zero-order valence-corrected chi connectivity index (χ0v) is 10.7. The van der Waals surface area contributed by atoms with Crippen molar-refractivity contribution in [3.05, 3.63) is 53.3 Å². The second kappa shape index (κ2) is 5.69. The molecule has 0 bridgehead atoms. The van der Waals surface area contributed by atoms with Gasteiger partial charge in [0.2, 0.25) is 0 Å². The number of halogens is 1. The van der Waals surface area contributed by atoms with E-state index in [1.165, 1.54) is 7.11 Å². The van der Waals surface area contributed by atoms with E-state index < -0.39 is 0 Å². The minimum absolute atomic E-state index is 0.284. The fourth-order valence-corrected chi connectivity index (χ4v) is 1.93. The van der Waals surface area contributed by atoms with E-state index in [-0.39, 0.29) is 11.9 Å². The van der Waals surface area contributed by atoms with Crippen LogP contribution in [-0.4, -0.2) is 22.9 Å². The molecule has 0 aliphatic heterocycles. The summed E-state index contributed by atoms with van der Waals surface area (Å²) in [5.74, 6) is -0.667. The van der Waals surface area contributed by atoms with Gasteiger partial charge in [-0.05, 0) is 5.56 Å². The molecular formula is C13H13ClN2O2. The predicted octanol–water partition coefficient (Wildman–Crippen LogP) is 2.49. The van der Waals surface area contributed by atoms with Gasteiger partial charge in [0.25, 0.3) is 0 Å². The van der Waals surface area contributed by atoms with E-state index >= 15 is 0 Å². The Labute approximate surface area is 110 Å². The van der Waals surface area contributed by atoms with Crippen LogP contribution in [0.1, 0.15) is 11.5 Å². The van der Waals surface area contributed by atoms with Crippen molar-refractivity contribution in [3.8, 4) is 0 Å². The van der Waals surface area contributed by atoms with E-state index in [0.29, 0.717) is 11.6 Å². The van der Waals surface area contributed by atoms with Gasteiger partial charge in [-0.25, -0.2) is 0 Å². The lowest BCUT2D eigenvalue weighted by atomic mass is 9.99. The van der Waals surface area contributed by atoms with Gasteiger partial charge in [-0.15, -0.1) is 0 Å². The number of hydrogen-bond donors (Lipinski definition) is 0. The average molecular weight is 265 g/mol. The summed E-state index contributed by atoms with van der Waals surface area (Å²) in [5.41, 5.74) is 0.899. The Bertz CT molecular complexity index is 525. The van der Waals surface area contributed by atoms with Gasteiger partial charge in [-0.2, -0.15) is 5.10 Å². The molecule has 1 atom stereocenters. The van der Waals surface area contributed by atoms with E-state index in [1.807, 2.05) is 30.3 Å². The number of benzene rings is 1. The zero-order chi connectivity index (χ0) is 13.0. The minimum atomic E-state index is -0.382. The summed E-state index contributed by atoms with van der Waals surface area (Å²) in [6.07, 6.45) is 3.22. The molecule has 1 aromatic heterocycles. The molecule has 0 amide bonds. The molecule has 94 valence electrons. The lowest BCUT2D eigenvalue weighted by Gasteiger charge is -2.14. The summed E-state index contributed by atoms with van der Waals surface area (Å²) in [6.45, 7) is 0.406. The zero-order valence-electron chi connectivity index (χ0n) is 9.91. The predicted molar refractivity (Wildman–Crippen MR) is 68.4 cm³/mol. The number of carbonyl (C=O) groups excluding carboxylic acids is 1. The van der Waals surface area contributed by atoms with Gasteiger partial charge >= 0.3 is 5.97 Å². The first kappa shape index (κ1) is 12.6. The number of carbonyl (C=O) groups is 1. The van der Waals surface area contributed by atoms with Gasteiger partial charge in [-0.3, -0.25) is 9.48 Å². The molecule has 0 saturated carbocycles. The molecule has 0 aliphatic carbocycles.